The van der Waals surface area contributed by atoms with E-state index in [-0.39, 0.29) is 5.78 Å². The average molecular weight is 159 g/mol. The molecule has 0 saturated heterocycles. The Balaban J connectivity index is 2.79. The number of ketones is 1. The Labute approximate surface area is 69.8 Å². The number of carbonyl (C=O) groups is 1. The maximum absolute atomic E-state index is 11.0. The van der Waals surface area contributed by atoms with Gasteiger partial charge in [0, 0.05) is 5.39 Å². The summed E-state index contributed by atoms with van der Waals surface area (Å²) in [5.41, 5.74) is 1.31. The molecule has 2 heteroatoms. The van der Waals surface area contributed by atoms with Crippen molar-refractivity contribution in [1.29, 1.82) is 0 Å². The molecule has 0 spiro atoms. The summed E-state index contributed by atoms with van der Waals surface area (Å²) in [4.78, 5) is 11.0. The first-order chi connectivity index (χ1) is 5.79. The second kappa shape index (κ2) is 2.48. The van der Waals surface area contributed by atoms with Gasteiger partial charge in [0.25, 0.3) is 0 Å². The zero-order valence-electron chi connectivity index (χ0n) is 6.63. The topological polar surface area (TPSA) is 30.2 Å². The van der Waals surface area contributed by atoms with E-state index in [0.29, 0.717) is 11.1 Å². The van der Waals surface area contributed by atoms with Gasteiger partial charge in [0.2, 0.25) is 0 Å². The fourth-order valence-corrected chi connectivity index (χ4v) is 1.17. The Kier molecular flexibility index (Phi) is 1.47. The second-order valence-electron chi connectivity index (χ2n) is 2.61. The minimum Gasteiger partial charge on any atom is -0.464 e. The van der Waals surface area contributed by atoms with Gasteiger partial charge in [0.1, 0.15) is 11.8 Å². The molecule has 2 rings (SSSR count). The normalized spacial score (nSPS) is 10.4. The van der Waals surface area contributed by atoms with Crippen LogP contribution in [0.2, 0.25) is 0 Å². The molecule has 0 unspecified atom stereocenters. The lowest BCUT2D eigenvalue weighted by molar-refractivity contribution is 0.101. The van der Waals surface area contributed by atoms with E-state index in [1.54, 1.807) is 6.07 Å². The van der Waals surface area contributed by atoms with Crippen LogP contribution in [0.15, 0.2) is 28.9 Å². The van der Waals surface area contributed by atoms with Crippen molar-refractivity contribution >= 4 is 16.8 Å². The van der Waals surface area contributed by atoms with E-state index >= 15 is 0 Å². The van der Waals surface area contributed by atoms with E-state index in [4.69, 9.17) is 4.42 Å². The van der Waals surface area contributed by atoms with Gasteiger partial charge in [-0.2, -0.15) is 0 Å². The lowest BCUT2D eigenvalue weighted by Crippen LogP contribution is -1.87. The molecule has 1 aromatic heterocycles. The van der Waals surface area contributed by atoms with Crippen LogP contribution in [-0.4, -0.2) is 5.78 Å². The Morgan fingerprint density at radius 1 is 1.58 bits per heavy atom. The Hall–Kier alpha value is -1.57. The molecule has 0 amide bonds. The van der Waals surface area contributed by atoms with Crippen LogP contribution >= 0.6 is 0 Å². The molecule has 0 aliphatic heterocycles. The van der Waals surface area contributed by atoms with E-state index in [1.165, 1.54) is 13.2 Å². The summed E-state index contributed by atoms with van der Waals surface area (Å²) >= 11 is 0. The van der Waals surface area contributed by atoms with Crippen molar-refractivity contribution in [2.75, 3.05) is 0 Å². The van der Waals surface area contributed by atoms with E-state index < -0.39 is 0 Å². The molecular weight excluding hydrogens is 152 g/mol. The van der Waals surface area contributed by atoms with Crippen molar-refractivity contribution in [3.63, 3.8) is 0 Å². The number of furan rings is 1. The second-order valence-corrected chi connectivity index (χ2v) is 2.61. The van der Waals surface area contributed by atoms with Crippen molar-refractivity contribution in [2.24, 2.45) is 0 Å². The minimum atomic E-state index is 0.0104. The highest BCUT2D eigenvalue weighted by Gasteiger charge is 2.07. The predicted octanol–water partition coefficient (Wildman–Crippen LogP) is 2.44. The number of rotatable bonds is 1. The molecule has 2 aromatic rings. The van der Waals surface area contributed by atoms with E-state index in [1.807, 2.05) is 12.1 Å². The Morgan fingerprint density at radius 3 is 3.17 bits per heavy atom. The predicted molar refractivity (Wildman–Crippen MR) is 45.1 cm³/mol. The molecule has 1 aromatic carbocycles. The van der Waals surface area contributed by atoms with Gasteiger partial charge >= 0.3 is 0 Å². The summed E-state index contributed by atoms with van der Waals surface area (Å²) in [6, 6.07) is 8.38. The Bertz CT molecular complexity index is 426. The molecule has 2 nitrogen and oxygen atoms in total. The van der Waals surface area contributed by atoms with Gasteiger partial charge in [-0.1, -0.05) is 12.1 Å². The Morgan fingerprint density at radius 2 is 2.42 bits per heavy atom. The molecule has 12 heavy (non-hydrogen) atoms. The van der Waals surface area contributed by atoms with Crippen LogP contribution in [0, 0.1) is 6.07 Å². The maximum Gasteiger partial charge on any atom is 0.163 e. The number of Topliss-reactive ketones (excluding diaryl/α,β-unsaturated/α-hetero) is 1. The number of benzene rings is 1. The van der Waals surface area contributed by atoms with E-state index in [0.717, 1.165) is 5.39 Å². The van der Waals surface area contributed by atoms with E-state index in [9.17, 15) is 4.79 Å². The van der Waals surface area contributed by atoms with Gasteiger partial charge in [-0.25, -0.2) is 0 Å². The van der Waals surface area contributed by atoms with Crippen molar-refractivity contribution in [3.05, 3.63) is 36.1 Å². The molecule has 59 valence electrons. The first kappa shape index (κ1) is 7.10. The molecule has 0 saturated carbocycles. The van der Waals surface area contributed by atoms with Gasteiger partial charge in [0.15, 0.2) is 5.78 Å². The molecular formula is C10H7O2. The lowest BCUT2D eigenvalue weighted by atomic mass is 10.1. The monoisotopic (exact) mass is 159 g/mol. The highest BCUT2D eigenvalue weighted by atomic mass is 16.3. The van der Waals surface area contributed by atoms with Crippen LogP contribution in [0.5, 0.6) is 0 Å². The molecule has 1 heterocycles. The van der Waals surface area contributed by atoms with Gasteiger partial charge in [-0.05, 0) is 19.1 Å². The van der Waals surface area contributed by atoms with Crippen LogP contribution in [0.1, 0.15) is 17.3 Å². The quantitative estimate of drug-likeness (QED) is 0.598. The van der Waals surface area contributed by atoms with Crippen LogP contribution in [0.4, 0.5) is 0 Å². The van der Waals surface area contributed by atoms with Crippen LogP contribution in [0.3, 0.4) is 0 Å². The third-order valence-corrected chi connectivity index (χ3v) is 1.77. The standard InChI is InChI=1S/C10H7O2/c1-7(11)9-6-12-10-5-3-2-4-8(9)10/h2-3,5-6H,1H3. The molecule has 0 bridgehead atoms. The fourth-order valence-electron chi connectivity index (χ4n) is 1.17. The first-order valence-corrected chi connectivity index (χ1v) is 3.68. The fraction of sp³-hybridized carbons (Fsp3) is 0.100. The molecule has 1 radical (unpaired) electrons. The zero-order chi connectivity index (χ0) is 8.55. The van der Waals surface area contributed by atoms with Gasteiger partial charge in [-0.3, -0.25) is 4.79 Å². The smallest absolute Gasteiger partial charge is 0.163 e. The minimum absolute atomic E-state index is 0.0104. The van der Waals surface area contributed by atoms with Crippen LogP contribution < -0.4 is 0 Å². The summed E-state index contributed by atoms with van der Waals surface area (Å²) in [6.07, 6.45) is 1.48. The number of carbonyl (C=O) groups excluding carboxylic acids is 1. The van der Waals surface area contributed by atoms with Crippen LogP contribution in [0.25, 0.3) is 11.0 Å². The van der Waals surface area contributed by atoms with Gasteiger partial charge in [-0.15, -0.1) is 0 Å². The highest BCUT2D eigenvalue weighted by Crippen LogP contribution is 2.19. The zero-order valence-corrected chi connectivity index (χ0v) is 6.63. The third-order valence-electron chi connectivity index (χ3n) is 1.77. The summed E-state index contributed by atoms with van der Waals surface area (Å²) in [7, 11) is 0. The van der Waals surface area contributed by atoms with Crippen molar-refractivity contribution in [3.8, 4) is 0 Å². The maximum atomic E-state index is 11.0. The van der Waals surface area contributed by atoms with E-state index in [2.05, 4.69) is 6.07 Å². The molecule has 0 aliphatic rings. The van der Waals surface area contributed by atoms with Gasteiger partial charge in [0.05, 0.1) is 5.56 Å². The number of hydrogen-bond acceptors (Lipinski definition) is 2. The summed E-state index contributed by atoms with van der Waals surface area (Å²) in [6.45, 7) is 1.52. The largest absolute Gasteiger partial charge is 0.464 e. The third kappa shape index (κ3) is 0.925. The number of fused-ring (bicyclic) bond motifs is 1. The summed E-state index contributed by atoms with van der Waals surface area (Å²) in [5.74, 6) is 0.0104. The highest BCUT2D eigenvalue weighted by molar-refractivity contribution is 6.05. The molecule has 0 N–H and O–H groups in total. The first-order valence-electron chi connectivity index (χ1n) is 3.68. The number of hydrogen-bond donors (Lipinski definition) is 0. The van der Waals surface area contributed by atoms with Gasteiger partial charge < -0.3 is 4.42 Å². The average Bonchev–Trinajstić information content (AvgIpc) is 2.47. The molecule has 0 fully saturated rings. The van der Waals surface area contributed by atoms with Crippen LogP contribution in [-0.2, 0) is 0 Å². The van der Waals surface area contributed by atoms with Crippen molar-refractivity contribution in [1.82, 2.24) is 0 Å². The summed E-state index contributed by atoms with van der Waals surface area (Å²) < 4.78 is 5.16. The molecule has 0 aliphatic carbocycles. The molecule has 0 atom stereocenters. The summed E-state index contributed by atoms with van der Waals surface area (Å²) in [5, 5.41) is 0.769. The lowest BCUT2D eigenvalue weighted by Gasteiger charge is -1.87. The SMILES string of the molecule is CC(=O)c1coc2ccc[c]c12. The van der Waals surface area contributed by atoms with Crippen molar-refractivity contribution < 1.29 is 9.21 Å². The van der Waals surface area contributed by atoms with Crippen molar-refractivity contribution in [2.45, 2.75) is 6.92 Å².